The Labute approximate surface area is 96.4 Å². The van der Waals surface area contributed by atoms with Crippen LogP contribution >= 0.6 is 0 Å². The van der Waals surface area contributed by atoms with Gasteiger partial charge in [-0.1, -0.05) is 27.7 Å². The van der Waals surface area contributed by atoms with E-state index in [1.165, 1.54) is 6.42 Å². The van der Waals surface area contributed by atoms with Gasteiger partial charge in [-0.15, -0.1) is 0 Å². The molecule has 0 aliphatic heterocycles. The maximum atomic E-state index is 3.47. The van der Waals surface area contributed by atoms with E-state index in [-0.39, 0.29) is 0 Å². The van der Waals surface area contributed by atoms with E-state index in [0.29, 0.717) is 18.1 Å². The molecule has 15 heavy (non-hydrogen) atoms. The Hall–Kier alpha value is -0.0800. The van der Waals surface area contributed by atoms with Crippen molar-refractivity contribution in [3.8, 4) is 0 Å². The predicted molar refractivity (Wildman–Crippen MR) is 69.3 cm³/mol. The van der Waals surface area contributed by atoms with Crippen molar-refractivity contribution in [2.75, 3.05) is 13.6 Å². The summed E-state index contributed by atoms with van der Waals surface area (Å²) >= 11 is 0. The fourth-order valence-corrected chi connectivity index (χ4v) is 1.66. The van der Waals surface area contributed by atoms with Crippen LogP contribution in [0.3, 0.4) is 0 Å². The van der Waals surface area contributed by atoms with Gasteiger partial charge in [0.15, 0.2) is 0 Å². The van der Waals surface area contributed by atoms with E-state index in [4.69, 9.17) is 0 Å². The van der Waals surface area contributed by atoms with Crippen molar-refractivity contribution in [2.45, 2.75) is 66.1 Å². The summed E-state index contributed by atoms with van der Waals surface area (Å²) in [7, 11) is 2.24. The molecule has 2 unspecified atom stereocenters. The molecule has 2 atom stereocenters. The maximum absolute atomic E-state index is 3.47. The van der Waals surface area contributed by atoms with Gasteiger partial charge in [-0.3, -0.25) is 0 Å². The predicted octanol–water partition coefficient (Wildman–Crippen LogP) is 2.74. The first-order valence-corrected chi connectivity index (χ1v) is 6.31. The minimum Gasteiger partial charge on any atom is -0.314 e. The molecule has 0 aromatic carbocycles. The molecule has 2 nitrogen and oxygen atoms in total. The second-order valence-electron chi connectivity index (χ2n) is 5.40. The first-order chi connectivity index (χ1) is 6.86. The molecule has 0 rings (SSSR count). The Bertz CT molecular complexity index is 155. The number of hydrogen-bond donors (Lipinski definition) is 1. The fraction of sp³-hybridized carbons (Fsp3) is 1.00. The van der Waals surface area contributed by atoms with E-state index >= 15 is 0 Å². The third-order valence-corrected chi connectivity index (χ3v) is 3.42. The summed E-state index contributed by atoms with van der Waals surface area (Å²) in [6, 6.07) is 1.93. The summed E-state index contributed by atoms with van der Waals surface area (Å²) in [5, 5.41) is 3.47. The van der Waals surface area contributed by atoms with E-state index < -0.39 is 0 Å². The first-order valence-electron chi connectivity index (χ1n) is 6.31. The van der Waals surface area contributed by atoms with Gasteiger partial charge >= 0.3 is 0 Å². The van der Waals surface area contributed by atoms with Crippen LogP contribution in [0.2, 0.25) is 0 Å². The van der Waals surface area contributed by atoms with Crippen LogP contribution in [-0.4, -0.2) is 36.6 Å². The Morgan fingerprint density at radius 3 is 1.93 bits per heavy atom. The highest BCUT2D eigenvalue weighted by atomic mass is 15.2. The van der Waals surface area contributed by atoms with Crippen LogP contribution in [0.4, 0.5) is 0 Å². The largest absolute Gasteiger partial charge is 0.314 e. The highest BCUT2D eigenvalue weighted by molar-refractivity contribution is 4.73. The molecule has 92 valence electrons. The van der Waals surface area contributed by atoms with Gasteiger partial charge in [-0.2, -0.15) is 0 Å². The third kappa shape index (κ3) is 6.16. The summed E-state index contributed by atoms with van der Waals surface area (Å²) in [5.41, 5.74) is 0. The van der Waals surface area contributed by atoms with Gasteiger partial charge in [0.2, 0.25) is 0 Å². The van der Waals surface area contributed by atoms with E-state index in [2.05, 4.69) is 58.8 Å². The topological polar surface area (TPSA) is 15.3 Å². The zero-order chi connectivity index (χ0) is 12.0. The van der Waals surface area contributed by atoms with Crippen LogP contribution < -0.4 is 5.32 Å². The summed E-state index contributed by atoms with van der Waals surface area (Å²) in [5.74, 6) is 0.732. The number of rotatable bonds is 7. The Balaban J connectivity index is 3.83. The minimum atomic E-state index is 0.602. The molecule has 0 amide bonds. The van der Waals surface area contributed by atoms with Gasteiger partial charge < -0.3 is 10.2 Å². The van der Waals surface area contributed by atoms with Crippen molar-refractivity contribution >= 4 is 0 Å². The lowest BCUT2D eigenvalue weighted by molar-refractivity contribution is 0.150. The molecular weight excluding hydrogens is 184 g/mol. The number of nitrogens with one attached hydrogen (secondary N) is 1. The van der Waals surface area contributed by atoms with E-state index in [1.807, 2.05) is 0 Å². The van der Waals surface area contributed by atoms with E-state index in [9.17, 15) is 0 Å². The Morgan fingerprint density at radius 2 is 1.53 bits per heavy atom. The molecule has 0 saturated heterocycles. The molecule has 0 bridgehead atoms. The van der Waals surface area contributed by atoms with Crippen LogP contribution in [0.25, 0.3) is 0 Å². The van der Waals surface area contributed by atoms with Gasteiger partial charge in [-0.05, 0) is 39.8 Å². The molecule has 0 fully saturated rings. The molecule has 0 aliphatic carbocycles. The Morgan fingerprint density at radius 1 is 1.00 bits per heavy atom. The molecule has 0 aliphatic rings. The molecule has 0 heterocycles. The average Bonchev–Trinajstić information content (AvgIpc) is 2.14. The maximum Gasteiger partial charge on any atom is 0.00897 e. The summed E-state index contributed by atoms with van der Waals surface area (Å²) < 4.78 is 0. The second-order valence-corrected chi connectivity index (χ2v) is 5.40. The number of hydrogen-bond acceptors (Lipinski definition) is 2. The fourth-order valence-electron chi connectivity index (χ4n) is 1.66. The molecule has 2 heteroatoms. The molecule has 0 spiro atoms. The van der Waals surface area contributed by atoms with Crippen LogP contribution in [-0.2, 0) is 0 Å². The number of nitrogens with zero attached hydrogens (tertiary/aromatic N) is 1. The molecular formula is C13H30N2. The average molecular weight is 214 g/mol. The first kappa shape index (κ1) is 14.9. The second kappa shape index (κ2) is 7.24. The van der Waals surface area contributed by atoms with Crippen molar-refractivity contribution in [3.63, 3.8) is 0 Å². The zero-order valence-corrected chi connectivity index (χ0v) is 11.7. The van der Waals surface area contributed by atoms with Gasteiger partial charge in [0, 0.05) is 18.1 Å². The Kier molecular flexibility index (Phi) is 7.20. The summed E-state index contributed by atoms with van der Waals surface area (Å²) in [4.78, 5) is 2.49. The van der Waals surface area contributed by atoms with Crippen LogP contribution in [0.15, 0.2) is 0 Å². The zero-order valence-electron chi connectivity index (χ0n) is 11.7. The van der Waals surface area contributed by atoms with Crippen molar-refractivity contribution in [2.24, 2.45) is 5.92 Å². The lowest BCUT2D eigenvalue weighted by Gasteiger charge is -2.33. The van der Waals surface area contributed by atoms with Gasteiger partial charge in [0.25, 0.3) is 0 Å². The van der Waals surface area contributed by atoms with Gasteiger partial charge in [0.05, 0.1) is 0 Å². The minimum absolute atomic E-state index is 0.602. The highest BCUT2D eigenvalue weighted by Gasteiger charge is 2.17. The third-order valence-electron chi connectivity index (χ3n) is 3.42. The lowest BCUT2D eigenvalue weighted by atomic mass is 10.0. The quantitative estimate of drug-likeness (QED) is 0.701. The van der Waals surface area contributed by atoms with Crippen LogP contribution in [0, 0.1) is 5.92 Å². The van der Waals surface area contributed by atoms with Crippen molar-refractivity contribution in [1.82, 2.24) is 10.2 Å². The monoisotopic (exact) mass is 214 g/mol. The molecule has 0 radical (unpaired) electrons. The summed E-state index contributed by atoms with van der Waals surface area (Å²) in [6.45, 7) is 14.7. The van der Waals surface area contributed by atoms with Crippen molar-refractivity contribution < 1.29 is 0 Å². The van der Waals surface area contributed by atoms with Crippen LogP contribution in [0.5, 0.6) is 0 Å². The van der Waals surface area contributed by atoms with E-state index in [0.717, 1.165) is 12.5 Å². The molecule has 1 N–H and O–H groups in total. The highest BCUT2D eigenvalue weighted by Crippen LogP contribution is 2.12. The molecule has 0 aromatic heterocycles. The van der Waals surface area contributed by atoms with Crippen molar-refractivity contribution in [1.29, 1.82) is 0 Å². The smallest absolute Gasteiger partial charge is 0.00897 e. The van der Waals surface area contributed by atoms with Crippen LogP contribution in [0.1, 0.15) is 48.0 Å². The summed E-state index contributed by atoms with van der Waals surface area (Å²) in [6.07, 6.45) is 1.23. The van der Waals surface area contributed by atoms with Gasteiger partial charge in [0.1, 0.15) is 0 Å². The van der Waals surface area contributed by atoms with E-state index in [1.54, 1.807) is 0 Å². The van der Waals surface area contributed by atoms with Crippen molar-refractivity contribution in [3.05, 3.63) is 0 Å². The normalized spacial score (nSPS) is 16.4. The lowest BCUT2D eigenvalue weighted by Crippen LogP contribution is -2.41. The molecule has 0 saturated carbocycles. The standard InChI is InChI=1S/C13H30N2/c1-10(2)13(6)15(7)12(5)8-9-14-11(3)4/h10-14H,8-9H2,1-7H3. The SMILES string of the molecule is CC(C)NCCC(C)N(C)C(C)C(C)C. The van der Waals surface area contributed by atoms with Gasteiger partial charge in [-0.25, -0.2) is 0 Å². The molecule has 0 aromatic rings.